The topological polar surface area (TPSA) is 55.0 Å². The van der Waals surface area contributed by atoms with Gasteiger partial charge in [0.2, 0.25) is 5.88 Å². The van der Waals surface area contributed by atoms with Crippen LogP contribution in [0.25, 0.3) is 10.9 Å². The van der Waals surface area contributed by atoms with Crippen LogP contribution in [0.3, 0.4) is 0 Å². The summed E-state index contributed by atoms with van der Waals surface area (Å²) in [4.78, 5) is 18.3. The zero-order valence-corrected chi connectivity index (χ0v) is 7.07. The molecule has 2 aromatic rings. The third kappa shape index (κ3) is 1.16. The normalized spacial score (nSPS) is 10.2. The molecular weight excluding hydrogens is 168 g/mol. The number of pyridine rings is 2. The molecule has 66 valence electrons. The highest BCUT2D eigenvalue weighted by molar-refractivity contribution is 5.82. The predicted molar refractivity (Wildman–Crippen MR) is 48.9 cm³/mol. The molecule has 1 N–H and O–H groups in total. The highest BCUT2D eigenvalue weighted by atomic mass is 16.5. The Morgan fingerprint density at radius 2 is 2.31 bits per heavy atom. The molecule has 0 aliphatic heterocycles. The minimum absolute atomic E-state index is 0.0845. The smallest absolute Gasteiger partial charge is 0.226 e. The van der Waals surface area contributed by atoms with Crippen LogP contribution in [0.4, 0.5) is 0 Å². The van der Waals surface area contributed by atoms with Gasteiger partial charge in [0.1, 0.15) is 5.39 Å². The molecule has 0 radical (unpaired) electrons. The lowest BCUT2D eigenvalue weighted by Crippen LogP contribution is -2.03. The van der Waals surface area contributed by atoms with E-state index < -0.39 is 0 Å². The zero-order chi connectivity index (χ0) is 9.26. The van der Waals surface area contributed by atoms with E-state index in [2.05, 4.69) is 9.97 Å². The van der Waals surface area contributed by atoms with Gasteiger partial charge in [0.25, 0.3) is 0 Å². The lowest BCUT2D eigenvalue weighted by atomic mass is 10.2. The number of aromatic amines is 1. The van der Waals surface area contributed by atoms with Crippen LogP contribution in [0.2, 0.25) is 0 Å². The van der Waals surface area contributed by atoms with Crippen LogP contribution in [0.15, 0.2) is 29.3 Å². The standard InChI is InChI=1S/C9H8N2O2/c1-13-9-8-6(2-4-11-9)10-5-3-7(8)12/h2-5H,1H3,(H,10,12). The monoisotopic (exact) mass is 176 g/mol. The van der Waals surface area contributed by atoms with Gasteiger partial charge in [-0.2, -0.15) is 0 Å². The number of aromatic nitrogens is 2. The van der Waals surface area contributed by atoms with Crippen LogP contribution in [0.1, 0.15) is 0 Å². The van der Waals surface area contributed by atoms with Gasteiger partial charge in [-0.15, -0.1) is 0 Å². The average molecular weight is 176 g/mol. The SMILES string of the molecule is COc1nccc2[nH]ccc(=O)c12. The second-order valence-corrected chi connectivity index (χ2v) is 2.58. The highest BCUT2D eigenvalue weighted by Gasteiger charge is 2.04. The molecule has 0 fully saturated rings. The van der Waals surface area contributed by atoms with E-state index in [-0.39, 0.29) is 5.43 Å². The Morgan fingerprint density at radius 1 is 1.46 bits per heavy atom. The second kappa shape index (κ2) is 2.90. The maximum Gasteiger partial charge on any atom is 0.226 e. The molecule has 2 heterocycles. The lowest BCUT2D eigenvalue weighted by molar-refractivity contribution is 0.403. The maximum atomic E-state index is 11.4. The van der Waals surface area contributed by atoms with E-state index in [1.165, 1.54) is 13.2 Å². The summed E-state index contributed by atoms with van der Waals surface area (Å²) < 4.78 is 4.98. The third-order valence-electron chi connectivity index (χ3n) is 1.83. The Kier molecular flexibility index (Phi) is 1.73. The fourth-order valence-corrected chi connectivity index (χ4v) is 1.25. The summed E-state index contributed by atoms with van der Waals surface area (Å²) in [7, 11) is 1.49. The van der Waals surface area contributed by atoms with Crippen molar-refractivity contribution < 1.29 is 4.74 Å². The molecule has 2 rings (SSSR count). The molecule has 0 spiro atoms. The molecule has 13 heavy (non-hydrogen) atoms. The van der Waals surface area contributed by atoms with E-state index >= 15 is 0 Å². The Balaban J connectivity index is 2.95. The molecular formula is C9H8N2O2. The Hall–Kier alpha value is -1.84. The molecule has 0 unspecified atom stereocenters. The van der Waals surface area contributed by atoms with Crippen molar-refractivity contribution in [2.45, 2.75) is 0 Å². The zero-order valence-electron chi connectivity index (χ0n) is 7.07. The molecule has 0 aromatic carbocycles. The number of nitrogens with zero attached hydrogens (tertiary/aromatic N) is 1. The summed E-state index contributed by atoms with van der Waals surface area (Å²) in [5.74, 6) is 0.361. The summed E-state index contributed by atoms with van der Waals surface area (Å²) in [6, 6.07) is 3.19. The van der Waals surface area contributed by atoms with Crippen molar-refractivity contribution in [2.24, 2.45) is 0 Å². The van der Waals surface area contributed by atoms with Gasteiger partial charge in [-0.05, 0) is 6.07 Å². The van der Waals surface area contributed by atoms with E-state index in [4.69, 9.17) is 4.74 Å². The Bertz CT molecular complexity index is 485. The molecule has 0 aliphatic carbocycles. The summed E-state index contributed by atoms with van der Waals surface area (Å²) >= 11 is 0. The van der Waals surface area contributed by atoms with Gasteiger partial charge in [-0.1, -0.05) is 0 Å². The van der Waals surface area contributed by atoms with Gasteiger partial charge >= 0.3 is 0 Å². The first-order valence-corrected chi connectivity index (χ1v) is 3.83. The number of methoxy groups -OCH3 is 1. The van der Waals surface area contributed by atoms with Gasteiger partial charge in [0, 0.05) is 18.5 Å². The van der Waals surface area contributed by atoms with Crippen LogP contribution in [-0.2, 0) is 0 Å². The van der Waals surface area contributed by atoms with E-state index in [9.17, 15) is 4.79 Å². The largest absolute Gasteiger partial charge is 0.480 e. The molecule has 0 atom stereocenters. The minimum atomic E-state index is -0.0845. The van der Waals surface area contributed by atoms with Crippen molar-refractivity contribution in [3.8, 4) is 5.88 Å². The summed E-state index contributed by atoms with van der Waals surface area (Å²) in [5.41, 5.74) is 0.651. The molecule has 4 heteroatoms. The first kappa shape index (κ1) is 7.79. The van der Waals surface area contributed by atoms with Crippen LogP contribution in [-0.4, -0.2) is 17.1 Å². The van der Waals surface area contributed by atoms with Crippen molar-refractivity contribution >= 4 is 10.9 Å². The average Bonchev–Trinajstić information content (AvgIpc) is 2.17. The summed E-state index contributed by atoms with van der Waals surface area (Å²) in [6.45, 7) is 0. The van der Waals surface area contributed by atoms with E-state index in [0.29, 0.717) is 11.3 Å². The predicted octanol–water partition coefficient (Wildman–Crippen LogP) is 0.932. The number of H-pyrrole nitrogens is 1. The van der Waals surface area contributed by atoms with Crippen LogP contribution < -0.4 is 10.2 Å². The van der Waals surface area contributed by atoms with Gasteiger partial charge in [0.05, 0.1) is 12.6 Å². The number of hydrogen-bond donors (Lipinski definition) is 1. The van der Waals surface area contributed by atoms with Crippen molar-refractivity contribution in [1.82, 2.24) is 9.97 Å². The van der Waals surface area contributed by atoms with Gasteiger partial charge in [-0.25, -0.2) is 4.98 Å². The van der Waals surface area contributed by atoms with Gasteiger partial charge < -0.3 is 9.72 Å². The number of fused-ring (bicyclic) bond motifs is 1. The molecule has 0 aliphatic rings. The summed E-state index contributed by atoms with van der Waals surface area (Å²) in [5, 5.41) is 0.493. The van der Waals surface area contributed by atoms with Crippen LogP contribution in [0, 0.1) is 0 Å². The molecule has 0 saturated heterocycles. The minimum Gasteiger partial charge on any atom is -0.480 e. The van der Waals surface area contributed by atoms with Crippen LogP contribution in [0.5, 0.6) is 5.88 Å². The fraction of sp³-hybridized carbons (Fsp3) is 0.111. The third-order valence-corrected chi connectivity index (χ3v) is 1.83. The second-order valence-electron chi connectivity index (χ2n) is 2.58. The van der Waals surface area contributed by atoms with E-state index in [1.807, 2.05) is 0 Å². The van der Waals surface area contributed by atoms with E-state index in [0.717, 1.165) is 5.52 Å². The molecule has 0 saturated carbocycles. The number of ether oxygens (including phenoxy) is 1. The Morgan fingerprint density at radius 3 is 3.08 bits per heavy atom. The molecule has 4 nitrogen and oxygen atoms in total. The van der Waals surface area contributed by atoms with Crippen LogP contribution >= 0.6 is 0 Å². The number of nitrogens with one attached hydrogen (secondary N) is 1. The number of rotatable bonds is 1. The van der Waals surface area contributed by atoms with Crippen molar-refractivity contribution in [3.63, 3.8) is 0 Å². The maximum absolute atomic E-state index is 11.4. The van der Waals surface area contributed by atoms with Crippen molar-refractivity contribution in [2.75, 3.05) is 7.11 Å². The van der Waals surface area contributed by atoms with Crippen molar-refractivity contribution in [1.29, 1.82) is 0 Å². The van der Waals surface area contributed by atoms with E-state index in [1.54, 1.807) is 18.5 Å². The fourth-order valence-electron chi connectivity index (χ4n) is 1.25. The van der Waals surface area contributed by atoms with Gasteiger partial charge in [0.15, 0.2) is 5.43 Å². The molecule has 2 aromatic heterocycles. The molecule has 0 amide bonds. The first-order chi connectivity index (χ1) is 6.33. The quantitative estimate of drug-likeness (QED) is 0.703. The molecule has 0 bridgehead atoms. The lowest BCUT2D eigenvalue weighted by Gasteiger charge is -2.01. The summed E-state index contributed by atoms with van der Waals surface area (Å²) in [6.07, 6.45) is 3.20. The van der Waals surface area contributed by atoms with Crippen molar-refractivity contribution in [3.05, 3.63) is 34.7 Å². The first-order valence-electron chi connectivity index (χ1n) is 3.83. The van der Waals surface area contributed by atoms with Gasteiger partial charge in [-0.3, -0.25) is 4.79 Å². The highest BCUT2D eigenvalue weighted by Crippen LogP contribution is 2.15. The Labute approximate surface area is 74.2 Å². The number of hydrogen-bond acceptors (Lipinski definition) is 3.